The number of rotatable bonds is 31. The van der Waals surface area contributed by atoms with Crippen molar-refractivity contribution in [3.8, 4) is 0 Å². The molecule has 8 nitrogen and oxygen atoms in total. The van der Waals surface area contributed by atoms with Gasteiger partial charge in [0.1, 0.15) is 12.1 Å². The molecule has 0 bridgehead atoms. The van der Waals surface area contributed by atoms with Crippen molar-refractivity contribution in [3.63, 3.8) is 0 Å². The lowest BCUT2D eigenvalue weighted by molar-refractivity contribution is -0.147. The maximum Gasteiger partial charge on any atom is 0.325 e. The van der Waals surface area contributed by atoms with E-state index in [1.54, 1.807) is 0 Å². The van der Waals surface area contributed by atoms with Gasteiger partial charge in [0.2, 0.25) is 0 Å². The van der Waals surface area contributed by atoms with Crippen LogP contribution in [0.15, 0.2) is 0 Å². The molecular weight excluding hydrogens is 597 g/mol. The molecule has 10 heteroatoms. The summed E-state index contributed by atoms with van der Waals surface area (Å²) in [5.41, 5.74) is 12.3. The molecule has 0 radical (unpaired) electrons. The number of carbonyl (C=O) groups is 4. The summed E-state index contributed by atoms with van der Waals surface area (Å²) in [6.45, 7) is 4.43. The number of carbonyl (C=O) groups excluding carboxylic acids is 4. The topological polar surface area (TPSA) is 139 Å². The summed E-state index contributed by atoms with van der Waals surface area (Å²) in [5.74, 6) is -1.99. The van der Waals surface area contributed by atoms with Gasteiger partial charge in [0.05, 0.1) is 14.2 Å². The van der Waals surface area contributed by atoms with Crippen LogP contribution < -0.4 is 11.5 Å². The maximum absolute atomic E-state index is 13.9. The Kier molecular flexibility index (Phi) is 27.4. The van der Waals surface area contributed by atoms with Crippen molar-refractivity contribution in [3.05, 3.63) is 0 Å². The molecule has 0 spiro atoms. The van der Waals surface area contributed by atoms with Gasteiger partial charge in [0, 0.05) is 18.6 Å². The first-order chi connectivity index (χ1) is 21.2. The van der Waals surface area contributed by atoms with Crippen molar-refractivity contribution in [1.29, 1.82) is 0 Å². The fraction of sp³-hybridized carbons (Fsp3) is 0.882. The molecule has 0 saturated carbocycles. The van der Waals surface area contributed by atoms with E-state index in [1.165, 1.54) is 91.3 Å². The first-order valence-electron chi connectivity index (χ1n) is 17.3. The molecule has 0 aromatic rings. The predicted octanol–water partition coefficient (Wildman–Crippen LogP) is 7.87. The van der Waals surface area contributed by atoms with E-state index < -0.39 is 28.8 Å². The molecule has 0 aliphatic heterocycles. The highest BCUT2D eigenvalue weighted by atomic mass is 33.1. The molecule has 2 atom stereocenters. The number of nitrogens with two attached hydrogens (primary N) is 2. The van der Waals surface area contributed by atoms with Crippen LogP contribution in [0.4, 0.5) is 0 Å². The van der Waals surface area contributed by atoms with E-state index in [1.807, 2.05) is 0 Å². The molecule has 44 heavy (non-hydrogen) atoms. The summed E-state index contributed by atoms with van der Waals surface area (Å²) in [5, 5.41) is 0. The number of hydrogen-bond donors (Lipinski definition) is 2. The van der Waals surface area contributed by atoms with Gasteiger partial charge in [-0.1, -0.05) is 151 Å². The Bertz CT molecular complexity index is 747. The standard InChI is InChI=1S/C34H64N2O6S2/c1-5-7-9-11-13-15-17-19-21-23-25-29(37)34(31(36)33(40)42-4,44-43-27-28(35)32(39)41-3)30(38)26-24-22-20-18-16-14-12-10-8-6-2/h28,31H,5-27,35-36H2,1-4H3/t28-,31+/m0/s1. The SMILES string of the molecule is CCCCCCCCCCCCC(=O)C(SSC[C@H](N)C(=O)OC)(C(=O)CCCCCCCCCCCC)[C@H](N)C(=O)OC. The van der Waals surface area contributed by atoms with Crippen molar-refractivity contribution < 1.29 is 28.7 Å². The van der Waals surface area contributed by atoms with Gasteiger partial charge in [-0.2, -0.15) is 0 Å². The number of hydrogen-bond acceptors (Lipinski definition) is 10. The number of unbranched alkanes of at least 4 members (excludes halogenated alkanes) is 18. The lowest BCUT2D eigenvalue weighted by Crippen LogP contribution is -2.60. The zero-order chi connectivity index (χ0) is 33.1. The molecule has 258 valence electrons. The number of esters is 2. The Labute approximate surface area is 276 Å². The van der Waals surface area contributed by atoms with E-state index in [2.05, 4.69) is 13.8 Å². The highest BCUT2D eigenvalue weighted by Gasteiger charge is 2.53. The second-order valence-corrected chi connectivity index (χ2v) is 14.5. The molecule has 0 heterocycles. The van der Waals surface area contributed by atoms with Gasteiger partial charge in [-0.25, -0.2) is 0 Å². The van der Waals surface area contributed by atoms with E-state index in [0.29, 0.717) is 12.8 Å². The summed E-state index contributed by atoms with van der Waals surface area (Å²) in [7, 11) is 4.52. The molecule has 0 rings (SSSR count). The van der Waals surface area contributed by atoms with E-state index in [0.717, 1.165) is 60.1 Å². The quantitative estimate of drug-likeness (QED) is 0.0327. The summed E-state index contributed by atoms with van der Waals surface area (Å²) in [4.78, 5) is 52.4. The molecule has 0 unspecified atom stereocenters. The van der Waals surface area contributed by atoms with Crippen LogP contribution in [0.5, 0.6) is 0 Å². The Morgan fingerprint density at radius 1 is 0.568 bits per heavy atom. The van der Waals surface area contributed by atoms with Crippen LogP contribution in [0.25, 0.3) is 0 Å². The van der Waals surface area contributed by atoms with Crippen LogP contribution in [-0.2, 0) is 28.7 Å². The number of ether oxygens (including phenoxy) is 2. The summed E-state index contributed by atoms with van der Waals surface area (Å²) < 4.78 is 7.83. The molecule has 0 aromatic carbocycles. The van der Waals surface area contributed by atoms with Gasteiger partial charge in [-0.3, -0.25) is 19.2 Å². The molecule has 0 aliphatic carbocycles. The van der Waals surface area contributed by atoms with Gasteiger partial charge >= 0.3 is 11.9 Å². The van der Waals surface area contributed by atoms with Crippen LogP contribution in [-0.4, -0.2) is 60.3 Å². The summed E-state index contributed by atoms with van der Waals surface area (Å²) in [6.07, 6.45) is 22.7. The van der Waals surface area contributed by atoms with Crippen LogP contribution in [0, 0.1) is 0 Å². The first-order valence-corrected chi connectivity index (χ1v) is 19.6. The smallest absolute Gasteiger partial charge is 0.325 e. The average Bonchev–Trinajstić information content (AvgIpc) is 3.03. The normalized spacial score (nSPS) is 13.0. The molecule has 0 amide bonds. The molecule has 0 aromatic heterocycles. The predicted molar refractivity (Wildman–Crippen MR) is 186 cm³/mol. The fourth-order valence-corrected chi connectivity index (χ4v) is 8.47. The second-order valence-electron chi connectivity index (χ2n) is 11.9. The molecule has 0 saturated heterocycles. The van der Waals surface area contributed by atoms with Crippen molar-refractivity contribution in [2.75, 3.05) is 20.0 Å². The van der Waals surface area contributed by atoms with Crippen molar-refractivity contribution >= 4 is 45.1 Å². The lowest BCUT2D eigenvalue weighted by Gasteiger charge is -2.34. The van der Waals surface area contributed by atoms with E-state index >= 15 is 0 Å². The van der Waals surface area contributed by atoms with Crippen molar-refractivity contribution in [1.82, 2.24) is 0 Å². The van der Waals surface area contributed by atoms with Crippen molar-refractivity contribution in [2.24, 2.45) is 11.5 Å². The Balaban J connectivity index is 5.32. The van der Waals surface area contributed by atoms with Crippen molar-refractivity contribution in [2.45, 2.75) is 172 Å². The van der Waals surface area contributed by atoms with Gasteiger partial charge in [0.25, 0.3) is 0 Å². The maximum atomic E-state index is 13.9. The zero-order valence-electron chi connectivity index (χ0n) is 28.3. The third-order valence-corrected chi connectivity index (χ3v) is 11.3. The molecule has 0 fully saturated rings. The number of methoxy groups -OCH3 is 2. The van der Waals surface area contributed by atoms with E-state index in [4.69, 9.17) is 20.9 Å². The van der Waals surface area contributed by atoms with Crippen LogP contribution in [0.2, 0.25) is 0 Å². The zero-order valence-corrected chi connectivity index (χ0v) is 30.0. The van der Waals surface area contributed by atoms with Crippen LogP contribution in [0.3, 0.4) is 0 Å². The second kappa shape index (κ2) is 28.1. The minimum atomic E-state index is -1.80. The molecule has 0 aliphatic rings. The highest BCUT2D eigenvalue weighted by molar-refractivity contribution is 8.77. The molecule has 4 N–H and O–H groups in total. The Morgan fingerprint density at radius 3 is 1.25 bits per heavy atom. The third kappa shape index (κ3) is 18.1. The minimum absolute atomic E-state index is 0.101. The van der Waals surface area contributed by atoms with E-state index in [-0.39, 0.29) is 30.2 Å². The van der Waals surface area contributed by atoms with Gasteiger partial charge in [-0.15, -0.1) is 0 Å². The Hall–Kier alpha value is -1.10. The van der Waals surface area contributed by atoms with Gasteiger partial charge in [-0.05, 0) is 12.8 Å². The first kappa shape index (κ1) is 42.9. The third-order valence-electron chi connectivity index (χ3n) is 8.18. The largest absolute Gasteiger partial charge is 0.468 e. The summed E-state index contributed by atoms with van der Waals surface area (Å²) in [6, 6.07) is -2.38. The van der Waals surface area contributed by atoms with Gasteiger partial charge < -0.3 is 20.9 Å². The van der Waals surface area contributed by atoms with Gasteiger partial charge in [0.15, 0.2) is 16.3 Å². The minimum Gasteiger partial charge on any atom is -0.468 e. The fourth-order valence-electron chi connectivity index (χ4n) is 5.28. The average molecular weight is 661 g/mol. The number of Topliss-reactive ketones (excluding diaryl/α,β-unsaturated/α-hetero) is 2. The van der Waals surface area contributed by atoms with E-state index in [9.17, 15) is 19.2 Å². The highest BCUT2D eigenvalue weighted by Crippen LogP contribution is 2.42. The van der Waals surface area contributed by atoms with Crippen LogP contribution >= 0.6 is 21.6 Å². The lowest BCUT2D eigenvalue weighted by atomic mass is 9.85. The monoisotopic (exact) mass is 660 g/mol. The Morgan fingerprint density at radius 2 is 0.909 bits per heavy atom. The molecular formula is C34H64N2O6S2. The number of ketones is 2. The summed E-state index contributed by atoms with van der Waals surface area (Å²) >= 11 is 0. The van der Waals surface area contributed by atoms with Crippen LogP contribution in [0.1, 0.15) is 155 Å².